The van der Waals surface area contributed by atoms with Crippen molar-refractivity contribution in [3.05, 3.63) is 65.5 Å². The molecule has 2 aromatic carbocycles. The van der Waals surface area contributed by atoms with Crippen molar-refractivity contribution in [3.63, 3.8) is 0 Å². The van der Waals surface area contributed by atoms with Gasteiger partial charge in [0, 0.05) is 13.1 Å². The van der Waals surface area contributed by atoms with Crippen LogP contribution >= 0.6 is 0 Å². The molecular formula is C22H25FN2O3. The lowest BCUT2D eigenvalue weighted by Crippen LogP contribution is -2.32. The van der Waals surface area contributed by atoms with E-state index in [9.17, 15) is 14.0 Å². The third-order valence-corrected chi connectivity index (χ3v) is 4.98. The first-order valence-corrected chi connectivity index (χ1v) is 9.50. The van der Waals surface area contributed by atoms with Crippen LogP contribution in [0.1, 0.15) is 17.5 Å². The number of hydrogen-bond acceptors (Lipinski definition) is 3. The second kappa shape index (κ2) is 9.35. The summed E-state index contributed by atoms with van der Waals surface area (Å²) in [7, 11) is 1.63. The molecule has 1 fully saturated rings. The van der Waals surface area contributed by atoms with Crippen molar-refractivity contribution in [1.82, 2.24) is 10.6 Å². The van der Waals surface area contributed by atoms with Gasteiger partial charge in [-0.2, -0.15) is 0 Å². The molecule has 1 aliphatic rings. The number of ether oxygens (including phenoxy) is 1. The molecule has 0 aliphatic heterocycles. The van der Waals surface area contributed by atoms with Gasteiger partial charge < -0.3 is 15.4 Å². The monoisotopic (exact) mass is 384 g/mol. The van der Waals surface area contributed by atoms with Crippen molar-refractivity contribution in [3.8, 4) is 5.75 Å². The molecule has 3 rings (SSSR count). The van der Waals surface area contributed by atoms with Gasteiger partial charge in [0.15, 0.2) is 0 Å². The highest BCUT2D eigenvalue weighted by Gasteiger charge is 2.47. The minimum Gasteiger partial charge on any atom is -0.496 e. The van der Waals surface area contributed by atoms with Gasteiger partial charge in [0.2, 0.25) is 11.8 Å². The van der Waals surface area contributed by atoms with E-state index in [2.05, 4.69) is 10.6 Å². The molecule has 5 nitrogen and oxygen atoms in total. The third-order valence-electron chi connectivity index (χ3n) is 4.98. The Labute approximate surface area is 164 Å². The molecule has 1 saturated carbocycles. The van der Waals surface area contributed by atoms with Gasteiger partial charge in [-0.25, -0.2) is 4.39 Å². The van der Waals surface area contributed by atoms with E-state index in [-0.39, 0.29) is 29.5 Å². The Balaban J connectivity index is 1.35. The van der Waals surface area contributed by atoms with Crippen LogP contribution in [0.15, 0.2) is 48.5 Å². The summed E-state index contributed by atoms with van der Waals surface area (Å²) in [5.74, 6) is -0.129. The Morgan fingerprint density at radius 1 is 0.964 bits per heavy atom. The predicted molar refractivity (Wildman–Crippen MR) is 104 cm³/mol. The largest absolute Gasteiger partial charge is 0.496 e. The van der Waals surface area contributed by atoms with Crippen LogP contribution in [0.2, 0.25) is 0 Å². The zero-order chi connectivity index (χ0) is 19.9. The van der Waals surface area contributed by atoms with Crippen molar-refractivity contribution in [2.45, 2.75) is 19.3 Å². The fourth-order valence-corrected chi connectivity index (χ4v) is 3.25. The van der Waals surface area contributed by atoms with Gasteiger partial charge in [-0.3, -0.25) is 9.59 Å². The van der Waals surface area contributed by atoms with Crippen molar-refractivity contribution in [2.75, 3.05) is 20.2 Å². The first-order chi connectivity index (χ1) is 13.6. The lowest BCUT2D eigenvalue weighted by Gasteiger charge is -2.09. The first-order valence-electron chi connectivity index (χ1n) is 9.50. The van der Waals surface area contributed by atoms with Gasteiger partial charge in [-0.05, 0) is 48.6 Å². The molecule has 2 N–H and O–H groups in total. The molecule has 0 heterocycles. The molecule has 2 aromatic rings. The number of carbonyl (C=O) groups excluding carboxylic acids is 2. The van der Waals surface area contributed by atoms with Gasteiger partial charge >= 0.3 is 0 Å². The summed E-state index contributed by atoms with van der Waals surface area (Å²) in [6.45, 7) is 0.984. The highest BCUT2D eigenvalue weighted by atomic mass is 19.1. The fraction of sp³-hybridized carbons (Fsp3) is 0.364. The number of amides is 2. The molecule has 0 aromatic heterocycles. The Bertz CT molecular complexity index is 823. The van der Waals surface area contributed by atoms with Crippen molar-refractivity contribution < 1.29 is 18.7 Å². The summed E-state index contributed by atoms with van der Waals surface area (Å²) in [5, 5.41) is 5.77. The van der Waals surface area contributed by atoms with Gasteiger partial charge in [0.05, 0.1) is 18.9 Å². The van der Waals surface area contributed by atoms with Crippen LogP contribution in [0.25, 0.3) is 0 Å². The van der Waals surface area contributed by atoms with E-state index in [1.807, 2.05) is 24.3 Å². The molecule has 0 radical (unpaired) electrons. The molecular weight excluding hydrogens is 359 g/mol. The molecule has 0 saturated heterocycles. The number of rotatable bonds is 9. The van der Waals surface area contributed by atoms with Crippen LogP contribution in [-0.4, -0.2) is 32.0 Å². The number of para-hydroxylation sites is 1. The molecule has 1 aliphatic carbocycles. The molecule has 6 heteroatoms. The molecule has 0 bridgehead atoms. The van der Waals surface area contributed by atoms with Gasteiger partial charge in [-0.15, -0.1) is 0 Å². The summed E-state index contributed by atoms with van der Waals surface area (Å²) >= 11 is 0. The highest BCUT2D eigenvalue weighted by Crippen LogP contribution is 2.38. The van der Waals surface area contributed by atoms with E-state index in [1.165, 1.54) is 12.1 Å². The number of halogens is 1. The summed E-state index contributed by atoms with van der Waals surface area (Å²) in [5.41, 5.74) is 2.00. The number of hydrogen-bond donors (Lipinski definition) is 2. The molecule has 2 atom stereocenters. The number of nitrogens with one attached hydrogen (secondary N) is 2. The molecule has 28 heavy (non-hydrogen) atoms. The van der Waals surface area contributed by atoms with E-state index >= 15 is 0 Å². The maximum absolute atomic E-state index is 12.9. The zero-order valence-electron chi connectivity index (χ0n) is 15.9. The molecule has 0 spiro atoms. The molecule has 2 unspecified atom stereocenters. The third kappa shape index (κ3) is 5.31. The van der Waals surface area contributed by atoms with Crippen molar-refractivity contribution in [2.24, 2.45) is 11.8 Å². The van der Waals surface area contributed by atoms with Gasteiger partial charge in [0.1, 0.15) is 11.6 Å². The van der Waals surface area contributed by atoms with Gasteiger partial charge in [0.25, 0.3) is 0 Å². The lowest BCUT2D eigenvalue weighted by molar-refractivity contribution is -0.127. The van der Waals surface area contributed by atoms with E-state index in [1.54, 1.807) is 19.2 Å². The van der Waals surface area contributed by atoms with Crippen LogP contribution in [-0.2, 0) is 22.4 Å². The van der Waals surface area contributed by atoms with E-state index < -0.39 is 0 Å². The standard InChI is InChI=1S/C22H25FN2O3/c1-28-20-5-3-2-4-16(20)11-13-25-22(27)19-14-18(19)21(26)24-12-10-15-6-8-17(23)9-7-15/h2-9,18-19H,10-14H2,1H3,(H,24,26)(H,25,27). The first kappa shape index (κ1) is 19.9. The average Bonchev–Trinajstić information content (AvgIpc) is 3.51. The summed E-state index contributed by atoms with van der Waals surface area (Å²) in [4.78, 5) is 24.4. The summed E-state index contributed by atoms with van der Waals surface area (Å²) in [6.07, 6.45) is 1.90. The number of carbonyl (C=O) groups is 2. The van der Waals surface area contributed by atoms with Crippen LogP contribution in [0.5, 0.6) is 5.75 Å². The Morgan fingerprint density at radius 3 is 2.21 bits per heavy atom. The fourth-order valence-electron chi connectivity index (χ4n) is 3.25. The van der Waals surface area contributed by atoms with E-state index in [0.29, 0.717) is 32.4 Å². The Kier molecular flexibility index (Phi) is 6.63. The normalized spacial score (nSPS) is 17.6. The number of benzene rings is 2. The Hall–Kier alpha value is -2.89. The van der Waals surface area contributed by atoms with Crippen LogP contribution in [0.3, 0.4) is 0 Å². The zero-order valence-corrected chi connectivity index (χ0v) is 15.9. The average molecular weight is 384 g/mol. The second-order valence-electron chi connectivity index (χ2n) is 6.97. The molecule has 148 valence electrons. The predicted octanol–water partition coefficient (Wildman–Crippen LogP) is 2.49. The quantitative estimate of drug-likeness (QED) is 0.698. The minimum absolute atomic E-state index is 0.0754. The topological polar surface area (TPSA) is 67.4 Å². The van der Waals surface area contributed by atoms with Crippen molar-refractivity contribution >= 4 is 11.8 Å². The highest BCUT2D eigenvalue weighted by molar-refractivity contribution is 5.92. The maximum atomic E-state index is 12.9. The van der Waals surface area contributed by atoms with Crippen molar-refractivity contribution in [1.29, 1.82) is 0 Å². The minimum atomic E-state index is -0.273. The van der Waals surface area contributed by atoms with Crippen LogP contribution in [0, 0.1) is 17.7 Å². The maximum Gasteiger partial charge on any atom is 0.223 e. The van der Waals surface area contributed by atoms with Crippen LogP contribution < -0.4 is 15.4 Å². The summed E-state index contributed by atoms with van der Waals surface area (Å²) in [6, 6.07) is 13.9. The van der Waals surface area contributed by atoms with Gasteiger partial charge in [-0.1, -0.05) is 30.3 Å². The smallest absolute Gasteiger partial charge is 0.223 e. The lowest BCUT2D eigenvalue weighted by atomic mass is 10.1. The SMILES string of the molecule is COc1ccccc1CCNC(=O)C1CC1C(=O)NCCc1ccc(F)cc1. The van der Waals surface area contributed by atoms with E-state index in [4.69, 9.17) is 4.74 Å². The Morgan fingerprint density at radius 2 is 1.57 bits per heavy atom. The second-order valence-corrected chi connectivity index (χ2v) is 6.97. The van der Waals surface area contributed by atoms with E-state index in [0.717, 1.165) is 16.9 Å². The summed E-state index contributed by atoms with van der Waals surface area (Å²) < 4.78 is 18.2. The van der Waals surface area contributed by atoms with Crippen LogP contribution in [0.4, 0.5) is 4.39 Å². The number of methoxy groups -OCH3 is 1. The molecule has 2 amide bonds.